The summed E-state index contributed by atoms with van der Waals surface area (Å²) < 4.78 is 0. The first-order chi connectivity index (χ1) is 37.5. The molecule has 0 spiro atoms. The van der Waals surface area contributed by atoms with E-state index in [0.717, 1.165) is 5.56 Å². The number of hydrogen-bond acceptors (Lipinski definition) is 13. The highest BCUT2D eigenvalue weighted by atomic mass is 16.4. The standard InChI is InChI=1S/C56H83N11O12/c1-9-33(7)46(53(75)63-43(56(78)79)24-32(5)6)65-50(72)41(26-36-18-20-38(69)21-19-36)61-48(70)40(23-31(3)4)60-49(71)42(27-37-28-58-30-59-37)62-51(73)44(29-68)64-54(76)47(34(8)10-2)66-52(74)45-17-14-22-67(45)55(77)39(57)25-35-15-12-11-13-16-35/h11-13,15-16,18-21,28,30-34,39-47,68-69H,9-10,14,17,22-27,29,57H2,1-8H3,(H,58,59)(H,60,71)(H,61,70)(H,62,73)(H,63,75)(H,64,76)(H,65,72)(H,66,74)(H,78,79)/t33-,34-,39-,40-,41-,42-,43-,44-,45-,46-,47-/m0/s1. The van der Waals surface area contributed by atoms with E-state index in [2.05, 4.69) is 47.2 Å². The fourth-order valence-electron chi connectivity index (χ4n) is 9.21. The number of imidazole rings is 1. The summed E-state index contributed by atoms with van der Waals surface area (Å²) in [7, 11) is 0. The van der Waals surface area contributed by atoms with Crippen LogP contribution < -0.4 is 43.0 Å². The number of aliphatic hydroxyl groups excluding tert-OH is 1. The molecule has 23 heteroatoms. The maximum atomic E-state index is 14.5. The number of aromatic hydroxyl groups is 1. The van der Waals surface area contributed by atoms with E-state index < -0.39 is 126 Å². The molecule has 4 rings (SSSR count). The Balaban J connectivity index is 1.54. The average Bonchev–Trinajstić information content (AvgIpc) is 4.16. The van der Waals surface area contributed by atoms with Crippen LogP contribution in [0.1, 0.15) is 111 Å². The molecule has 11 atom stereocenters. The van der Waals surface area contributed by atoms with Gasteiger partial charge in [-0.3, -0.25) is 38.4 Å². The van der Waals surface area contributed by atoms with Crippen molar-refractivity contribution >= 4 is 53.2 Å². The van der Waals surface area contributed by atoms with Crippen molar-refractivity contribution in [3.63, 3.8) is 0 Å². The zero-order valence-electron chi connectivity index (χ0n) is 46.6. The van der Waals surface area contributed by atoms with E-state index in [4.69, 9.17) is 5.73 Å². The van der Waals surface area contributed by atoms with E-state index in [1.165, 1.54) is 29.6 Å². The van der Waals surface area contributed by atoms with Crippen LogP contribution in [0.25, 0.3) is 0 Å². The van der Waals surface area contributed by atoms with Gasteiger partial charge in [-0.2, -0.15) is 0 Å². The molecule has 0 saturated carbocycles. The lowest BCUT2D eigenvalue weighted by molar-refractivity contribution is -0.143. The topological polar surface area (TPSA) is 356 Å². The van der Waals surface area contributed by atoms with Gasteiger partial charge in [-0.25, -0.2) is 9.78 Å². The van der Waals surface area contributed by atoms with Crippen molar-refractivity contribution in [1.29, 1.82) is 0 Å². The largest absolute Gasteiger partial charge is 0.508 e. The second-order valence-corrected chi connectivity index (χ2v) is 21.5. The van der Waals surface area contributed by atoms with Crippen LogP contribution in [0.2, 0.25) is 0 Å². The van der Waals surface area contributed by atoms with Gasteiger partial charge >= 0.3 is 5.97 Å². The van der Waals surface area contributed by atoms with Crippen molar-refractivity contribution in [2.24, 2.45) is 29.4 Å². The predicted octanol–water partition coefficient (Wildman–Crippen LogP) is 1.12. The minimum absolute atomic E-state index is 0.0332. The molecule has 2 aromatic carbocycles. The number of aliphatic carboxylic acids is 1. The van der Waals surface area contributed by atoms with Gasteiger partial charge in [0.05, 0.1) is 19.0 Å². The van der Waals surface area contributed by atoms with E-state index >= 15 is 0 Å². The number of carbonyl (C=O) groups is 9. The number of amides is 8. The number of aromatic amines is 1. The van der Waals surface area contributed by atoms with Gasteiger partial charge in [0.15, 0.2) is 0 Å². The number of nitrogens with one attached hydrogen (secondary N) is 8. The fraction of sp³-hybridized carbons (Fsp3) is 0.571. The summed E-state index contributed by atoms with van der Waals surface area (Å²) in [4.78, 5) is 133. The number of phenolic OH excluding ortho intramolecular Hbond substituents is 1. The average molecular weight is 1100 g/mol. The Bertz CT molecular complexity index is 2490. The predicted molar refractivity (Wildman–Crippen MR) is 293 cm³/mol. The molecule has 1 aliphatic heterocycles. The van der Waals surface area contributed by atoms with Gasteiger partial charge in [0, 0.05) is 31.3 Å². The number of carboxylic acid groups (broad SMARTS) is 1. The molecule has 2 heterocycles. The number of benzene rings is 2. The molecule has 1 saturated heterocycles. The third-order valence-electron chi connectivity index (χ3n) is 14.1. The summed E-state index contributed by atoms with van der Waals surface area (Å²) in [6.07, 6.45) is 4.52. The van der Waals surface area contributed by atoms with Gasteiger partial charge < -0.3 is 68.2 Å². The van der Waals surface area contributed by atoms with Crippen molar-refractivity contribution in [1.82, 2.24) is 52.1 Å². The number of hydrogen-bond donors (Lipinski definition) is 12. The molecule has 3 aromatic rings. The summed E-state index contributed by atoms with van der Waals surface area (Å²) >= 11 is 0. The number of carboxylic acids is 1. The zero-order valence-corrected chi connectivity index (χ0v) is 46.6. The number of carbonyl (C=O) groups excluding carboxylic acids is 8. The lowest BCUT2D eigenvalue weighted by Crippen LogP contribution is -2.62. The summed E-state index contributed by atoms with van der Waals surface area (Å²) in [6, 6.07) is 3.82. The molecule has 434 valence electrons. The van der Waals surface area contributed by atoms with Crippen LogP contribution in [-0.4, -0.2) is 151 Å². The SMILES string of the molecule is CC[C@H](C)[C@H](NC(=O)[C@H](Cc1ccc(O)cc1)NC(=O)[C@H](CC(C)C)NC(=O)[C@H](Cc1cnc[nH]1)NC(=O)[C@H](CO)NC(=O)[C@@H](NC(=O)[C@@H]1CCCN1C(=O)[C@@H](N)Cc1ccccc1)[C@@H](C)CC)C(=O)N[C@@H](CC(C)C)C(=O)O. The van der Waals surface area contributed by atoms with Gasteiger partial charge in [0.25, 0.3) is 0 Å². The Hall–Kier alpha value is -7.40. The van der Waals surface area contributed by atoms with Crippen molar-refractivity contribution < 1.29 is 58.5 Å². The Morgan fingerprint density at radius 1 is 0.633 bits per heavy atom. The van der Waals surface area contributed by atoms with Crippen LogP contribution in [0.5, 0.6) is 5.75 Å². The number of H-pyrrole nitrogens is 1. The molecule has 1 fully saturated rings. The molecule has 8 amide bonds. The number of phenols is 1. The highest BCUT2D eigenvalue weighted by molar-refractivity contribution is 5.98. The van der Waals surface area contributed by atoms with E-state index in [0.29, 0.717) is 43.5 Å². The van der Waals surface area contributed by atoms with Crippen LogP contribution in [0.3, 0.4) is 0 Å². The Morgan fingerprint density at radius 3 is 1.67 bits per heavy atom. The molecule has 23 nitrogen and oxygen atoms in total. The van der Waals surface area contributed by atoms with Crippen LogP contribution in [0.15, 0.2) is 67.1 Å². The van der Waals surface area contributed by atoms with Crippen LogP contribution >= 0.6 is 0 Å². The third kappa shape index (κ3) is 19.8. The molecule has 13 N–H and O–H groups in total. The van der Waals surface area contributed by atoms with Crippen LogP contribution in [0, 0.1) is 23.7 Å². The minimum atomic E-state index is -1.64. The zero-order chi connectivity index (χ0) is 58.5. The molecule has 0 unspecified atom stereocenters. The van der Waals surface area contributed by atoms with Crippen LogP contribution in [0.4, 0.5) is 0 Å². The number of aliphatic hydroxyl groups is 1. The van der Waals surface area contributed by atoms with Gasteiger partial charge in [-0.15, -0.1) is 0 Å². The Labute approximate surface area is 462 Å². The van der Waals surface area contributed by atoms with Gasteiger partial charge in [0.2, 0.25) is 47.3 Å². The van der Waals surface area contributed by atoms with E-state index in [-0.39, 0.29) is 49.7 Å². The molecular weight excluding hydrogens is 1020 g/mol. The Morgan fingerprint density at radius 2 is 1.13 bits per heavy atom. The minimum Gasteiger partial charge on any atom is -0.508 e. The first kappa shape index (κ1) is 64.1. The highest BCUT2D eigenvalue weighted by Gasteiger charge is 2.40. The van der Waals surface area contributed by atoms with Crippen molar-refractivity contribution in [3.8, 4) is 5.75 Å². The van der Waals surface area contributed by atoms with E-state index in [1.807, 2.05) is 44.2 Å². The molecule has 1 aliphatic rings. The summed E-state index contributed by atoms with van der Waals surface area (Å²) in [5.74, 6) is -8.55. The number of nitrogens with two attached hydrogens (primary N) is 1. The molecule has 0 bridgehead atoms. The smallest absolute Gasteiger partial charge is 0.326 e. The number of aromatic nitrogens is 2. The van der Waals surface area contributed by atoms with Gasteiger partial charge in [-0.05, 0) is 79.0 Å². The monoisotopic (exact) mass is 1100 g/mol. The maximum Gasteiger partial charge on any atom is 0.326 e. The van der Waals surface area contributed by atoms with Crippen molar-refractivity contribution in [2.45, 2.75) is 168 Å². The summed E-state index contributed by atoms with van der Waals surface area (Å²) in [6.45, 7) is 13.6. The first-order valence-electron chi connectivity index (χ1n) is 27.3. The molecule has 0 aliphatic carbocycles. The van der Waals surface area contributed by atoms with Crippen LogP contribution in [-0.2, 0) is 62.4 Å². The maximum absolute atomic E-state index is 14.5. The molecule has 1 aromatic heterocycles. The number of likely N-dealkylation sites (tertiary alicyclic amines) is 1. The molecule has 79 heavy (non-hydrogen) atoms. The fourth-order valence-corrected chi connectivity index (χ4v) is 9.21. The van der Waals surface area contributed by atoms with Gasteiger partial charge in [-0.1, -0.05) is 111 Å². The summed E-state index contributed by atoms with van der Waals surface area (Å²) in [5, 5.41) is 49.0. The van der Waals surface area contributed by atoms with E-state index in [9.17, 15) is 58.5 Å². The Kier molecular flexibility index (Phi) is 25.4. The third-order valence-corrected chi connectivity index (χ3v) is 14.1. The molecular formula is C56H83N11O12. The molecule has 0 radical (unpaired) electrons. The lowest BCUT2D eigenvalue weighted by Gasteiger charge is -2.31. The second kappa shape index (κ2) is 31.3. The van der Waals surface area contributed by atoms with E-state index in [1.54, 1.807) is 53.7 Å². The second-order valence-electron chi connectivity index (χ2n) is 21.5. The first-order valence-corrected chi connectivity index (χ1v) is 27.3. The lowest BCUT2D eigenvalue weighted by atomic mass is 9.96. The van der Waals surface area contributed by atoms with Crippen molar-refractivity contribution in [3.05, 3.63) is 83.9 Å². The van der Waals surface area contributed by atoms with Gasteiger partial charge in [0.1, 0.15) is 54.1 Å². The van der Waals surface area contributed by atoms with Crippen molar-refractivity contribution in [2.75, 3.05) is 13.2 Å². The number of rotatable bonds is 31. The number of nitrogens with zero attached hydrogens (tertiary/aromatic N) is 2. The quantitative estimate of drug-likeness (QED) is 0.0430. The normalized spacial score (nSPS) is 17.1. The summed E-state index contributed by atoms with van der Waals surface area (Å²) in [5.41, 5.74) is 8.08. The highest BCUT2D eigenvalue weighted by Crippen LogP contribution is 2.21.